The predicted molar refractivity (Wildman–Crippen MR) is 130 cm³/mol. The van der Waals surface area contributed by atoms with E-state index < -0.39 is 35.5 Å². The molecule has 0 saturated carbocycles. The number of para-hydroxylation sites is 1. The number of carbonyl (C=O) groups excluding carboxylic acids is 4. The molecule has 10 heteroatoms. The van der Waals surface area contributed by atoms with Crippen molar-refractivity contribution in [1.29, 1.82) is 0 Å². The molecule has 4 aromatic rings. The van der Waals surface area contributed by atoms with Crippen LogP contribution in [0.5, 0.6) is 11.5 Å². The molecule has 2 atom stereocenters. The standard InChI is InChI=1S/C26H18N2O7S/c1-34-13-10-11-17-19(12-13)36-26(27-17)28-24(32)22(31)20(21(30)16-8-4-5-9-18(16)29)23-14-6-2-3-7-15(14)25(33)35-23/h2-12,20,23,29H,1H3,(H,27,28,32)/t20-,23+/m0/s1. The number of rotatable bonds is 7. The Morgan fingerprint density at radius 1 is 1.08 bits per heavy atom. The summed E-state index contributed by atoms with van der Waals surface area (Å²) in [5.41, 5.74) is 0.926. The van der Waals surface area contributed by atoms with Crippen molar-refractivity contribution in [1.82, 2.24) is 4.98 Å². The maximum absolute atomic E-state index is 13.5. The quantitative estimate of drug-likeness (QED) is 0.168. The van der Waals surface area contributed by atoms with Gasteiger partial charge in [-0.05, 0) is 36.4 Å². The molecule has 0 unspecified atom stereocenters. The third kappa shape index (κ3) is 4.07. The highest BCUT2D eigenvalue weighted by Gasteiger charge is 2.46. The average Bonchev–Trinajstić information content (AvgIpc) is 3.44. The Kier molecular flexibility index (Phi) is 5.95. The van der Waals surface area contributed by atoms with E-state index in [-0.39, 0.29) is 22.0 Å². The smallest absolute Gasteiger partial charge is 0.339 e. The lowest BCUT2D eigenvalue weighted by molar-refractivity contribution is -0.138. The zero-order chi connectivity index (χ0) is 25.4. The van der Waals surface area contributed by atoms with Gasteiger partial charge < -0.3 is 14.6 Å². The third-order valence-electron chi connectivity index (χ3n) is 5.80. The first-order chi connectivity index (χ1) is 17.4. The predicted octanol–water partition coefficient (Wildman–Crippen LogP) is 3.93. The van der Waals surface area contributed by atoms with Gasteiger partial charge in [-0.2, -0.15) is 0 Å². The molecule has 2 heterocycles. The van der Waals surface area contributed by atoms with Crippen LogP contribution in [-0.4, -0.2) is 40.6 Å². The molecule has 180 valence electrons. The summed E-state index contributed by atoms with van der Waals surface area (Å²) < 4.78 is 11.3. The first-order valence-corrected chi connectivity index (χ1v) is 11.6. The number of thiazole rings is 1. The van der Waals surface area contributed by atoms with Gasteiger partial charge in [0.05, 0.1) is 28.5 Å². The molecule has 5 rings (SSSR count). The minimum atomic E-state index is -1.72. The van der Waals surface area contributed by atoms with Crippen molar-refractivity contribution in [3.05, 3.63) is 83.4 Å². The van der Waals surface area contributed by atoms with E-state index in [2.05, 4.69) is 10.3 Å². The van der Waals surface area contributed by atoms with E-state index in [0.717, 1.165) is 16.0 Å². The number of anilines is 1. The fraction of sp³-hybridized carbons (Fsp3) is 0.115. The Labute approximate surface area is 208 Å². The van der Waals surface area contributed by atoms with Gasteiger partial charge in [-0.3, -0.25) is 19.7 Å². The van der Waals surface area contributed by atoms with Gasteiger partial charge in [-0.25, -0.2) is 9.78 Å². The molecular formula is C26H18N2O7S. The summed E-state index contributed by atoms with van der Waals surface area (Å²) in [6.45, 7) is 0. The summed E-state index contributed by atoms with van der Waals surface area (Å²) in [5.74, 6) is -5.27. The van der Waals surface area contributed by atoms with Gasteiger partial charge in [0.1, 0.15) is 23.5 Å². The average molecular weight is 503 g/mol. The van der Waals surface area contributed by atoms with Crippen molar-refractivity contribution in [2.45, 2.75) is 6.10 Å². The van der Waals surface area contributed by atoms with Crippen molar-refractivity contribution < 1.29 is 33.8 Å². The summed E-state index contributed by atoms with van der Waals surface area (Å²) in [6.07, 6.45) is -1.33. The molecule has 0 spiro atoms. The Morgan fingerprint density at radius 3 is 2.61 bits per heavy atom. The molecule has 0 radical (unpaired) electrons. The normalized spacial score (nSPS) is 15.1. The number of phenolic OH excluding ortho intramolecular Hbond substituents is 1. The first kappa shape index (κ1) is 23.2. The van der Waals surface area contributed by atoms with Gasteiger partial charge in [0.15, 0.2) is 10.9 Å². The number of benzene rings is 3. The van der Waals surface area contributed by atoms with Crippen LogP contribution in [0.2, 0.25) is 0 Å². The zero-order valence-electron chi connectivity index (χ0n) is 18.8. The van der Waals surface area contributed by atoms with Crippen LogP contribution in [0.1, 0.15) is 32.4 Å². The Balaban J connectivity index is 1.50. The number of nitrogens with one attached hydrogen (secondary N) is 1. The summed E-state index contributed by atoms with van der Waals surface area (Å²) in [6, 6.07) is 17.1. The molecule has 0 bridgehead atoms. The van der Waals surface area contributed by atoms with E-state index in [0.29, 0.717) is 16.8 Å². The molecule has 0 fully saturated rings. The second-order valence-corrected chi connectivity index (χ2v) is 8.97. The number of ketones is 2. The maximum Gasteiger partial charge on any atom is 0.339 e. The highest BCUT2D eigenvalue weighted by atomic mass is 32.1. The van der Waals surface area contributed by atoms with Gasteiger partial charge in [0, 0.05) is 5.56 Å². The highest BCUT2D eigenvalue weighted by Crippen LogP contribution is 2.39. The van der Waals surface area contributed by atoms with E-state index >= 15 is 0 Å². The molecule has 1 aliphatic rings. The fourth-order valence-corrected chi connectivity index (χ4v) is 4.94. The molecule has 0 saturated heterocycles. The van der Waals surface area contributed by atoms with Crippen LogP contribution in [0, 0.1) is 5.92 Å². The molecule has 9 nitrogen and oxygen atoms in total. The zero-order valence-corrected chi connectivity index (χ0v) is 19.6. The number of amides is 1. The van der Waals surface area contributed by atoms with Gasteiger partial charge >= 0.3 is 5.97 Å². The minimum absolute atomic E-state index is 0.147. The number of aromatic hydroxyl groups is 1. The first-order valence-electron chi connectivity index (χ1n) is 10.8. The molecule has 2 N–H and O–H groups in total. The fourth-order valence-electron chi connectivity index (χ4n) is 4.05. The number of nitrogens with zero attached hydrogens (tertiary/aromatic N) is 1. The number of phenols is 1. The number of fused-ring (bicyclic) bond motifs is 2. The number of ether oxygens (including phenoxy) is 2. The molecule has 1 aromatic heterocycles. The van der Waals surface area contributed by atoms with Gasteiger partial charge in [0.25, 0.3) is 5.91 Å². The molecule has 1 aliphatic heterocycles. The molecule has 1 amide bonds. The molecule has 3 aromatic carbocycles. The number of carbonyl (C=O) groups is 4. The lowest BCUT2D eigenvalue weighted by Gasteiger charge is -2.21. The van der Waals surface area contributed by atoms with Gasteiger partial charge in [0.2, 0.25) is 5.78 Å². The van der Waals surface area contributed by atoms with Crippen LogP contribution >= 0.6 is 11.3 Å². The summed E-state index contributed by atoms with van der Waals surface area (Å²) in [7, 11) is 1.53. The van der Waals surface area contributed by atoms with E-state index in [9.17, 15) is 24.3 Å². The van der Waals surface area contributed by atoms with Crippen LogP contribution in [-0.2, 0) is 14.3 Å². The number of methoxy groups -OCH3 is 1. The van der Waals surface area contributed by atoms with Gasteiger partial charge in [-0.1, -0.05) is 41.7 Å². The highest BCUT2D eigenvalue weighted by molar-refractivity contribution is 7.22. The van der Waals surface area contributed by atoms with Crippen molar-refractivity contribution in [2.75, 3.05) is 12.4 Å². The van der Waals surface area contributed by atoms with Gasteiger partial charge in [-0.15, -0.1) is 0 Å². The summed E-state index contributed by atoms with van der Waals surface area (Å²) >= 11 is 1.13. The van der Waals surface area contributed by atoms with Crippen molar-refractivity contribution >= 4 is 50.1 Å². The Bertz CT molecular complexity index is 1540. The largest absolute Gasteiger partial charge is 0.507 e. The molecular weight excluding hydrogens is 484 g/mol. The van der Waals surface area contributed by atoms with Crippen LogP contribution in [0.25, 0.3) is 10.2 Å². The lowest BCUT2D eigenvalue weighted by atomic mass is 9.84. The van der Waals surface area contributed by atoms with E-state index in [1.54, 1.807) is 36.4 Å². The number of Topliss-reactive ketones (excluding diaryl/α,β-unsaturated/α-hetero) is 2. The van der Waals surface area contributed by atoms with E-state index in [4.69, 9.17) is 9.47 Å². The minimum Gasteiger partial charge on any atom is -0.507 e. The van der Waals surface area contributed by atoms with Crippen molar-refractivity contribution in [2.24, 2.45) is 5.92 Å². The monoisotopic (exact) mass is 502 g/mol. The number of hydrogen-bond donors (Lipinski definition) is 2. The molecule has 36 heavy (non-hydrogen) atoms. The Morgan fingerprint density at radius 2 is 1.83 bits per heavy atom. The number of cyclic esters (lactones) is 1. The van der Waals surface area contributed by atoms with Crippen LogP contribution < -0.4 is 10.1 Å². The lowest BCUT2D eigenvalue weighted by Crippen LogP contribution is -2.38. The van der Waals surface area contributed by atoms with Crippen molar-refractivity contribution in [3.8, 4) is 11.5 Å². The topological polar surface area (TPSA) is 132 Å². The van der Waals surface area contributed by atoms with Crippen LogP contribution in [0.4, 0.5) is 5.13 Å². The summed E-state index contributed by atoms with van der Waals surface area (Å²) in [5, 5.41) is 12.8. The third-order valence-corrected chi connectivity index (χ3v) is 6.73. The van der Waals surface area contributed by atoms with E-state index in [1.807, 2.05) is 0 Å². The number of aromatic nitrogens is 1. The SMILES string of the molecule is COc1ccc2nc(NC(=O)C(=O)[C@H](C(=O)c3ccccc3O)[C@@H]3OC(=O)c4ccccc43)sc2c1. The maximum atomic E-state index is 13.5. The number of hydrogen-bond acceptors (Lipinski definition) is 9. The Hall–Kier alpha value is -4.57. The van der Waals surface area contributed by atoms with E-state index in [1.165, 1.54) is 37.4 Å². The summed E-state index contributed by atoms with van der Waals surface area (Å²) in [4.78, 5) is 56.7. The number of esters is 1. The second kappa shape index (κ2) is 9.23. The second-order valence-electron chi connectivity index (χ2n) is 7.94. The van der Waals surface area contributed by atoms with Crippen molar-refractivity contribution in [3.63, 3.8) is 0 Å². The molecule has 0 aliphatic carbocycles. The van der Waals surface area contributed by atoms with Crippen LogP contribution in [0.3, 0.4) is 0 Å². The van der Waals surface area contributed by atoms with Crippen LogP contribution in [0.15, 0.2) is 66.7 Å².